The SMILES string of the molecule is O=C(CSc1ccc(F)cc1)Nc1ccc(CC(=O)NC2CC2)cc1. The number of carbonyl (C=O) groups is 2. The van der Waals surface area contributed by atoms with Crippen molar-refractivity contribution < 1.29 is 14.0 Å². The molecule has 6 heteroatoms. The van der Waals surface area contributed by atoms with E-state index in [2.05, 4.69) is 10.6 Å². The molecule has 0 spiro atoms. The molecule has 2 aromatic carbocycles. The molecule has 0 heterocycles. The van der Waals surface area contributed by atoms with Crippen LogP contribution in [0.1, 0.15) is 18.4 Å². The van der Waals surface area contributed by atoms with Gasteiger partial charge in [-0.15, -0.1) is 11.8 Å². The molecule has 4 nitrogen and oxygen atoms in total. The van der Waals surface area contributed by atoms with Gasteiger partial charge in [0.25, 0.3) is 0 Å². The highest BCUT2D eigenvalue weighted by atomic mass is 32.2. The Kier molecular flexibility index (Phi) is 5.71. The van der Waals surface area contributed by atoms with Crippen LogP contribution >= 0.6 is 11.8 Å². The normalized spacial score (nSPS) is 13.3. The van der Waals surface area contributed by atoms with Gasteiger partial charge in [-0.05, 0) is 54.8 Å². The Balaban J connectivity index is 1.44. The fraction of sp³-hybridized carbons (Fsp3) is 0.263. The predicted molar refractivity (Wildman–Crippen MR) is 97.1 cm³/mol. The third-order valence-electron chi connectivity index (χ3n) is 3.73. The molecule has 0 atom stereocenters. The quantitative estimate of drug-likeness (QED) is 0.746. The van der Waals surface area contributed by atoms with Gasteiger partial charge in [-0.25, -0.2) is 4.39 Å². The second kappa shape index (κ2) is 8.16. The second-order valence-electron chi connectivity index (χ2n) is 6.01. The van der Waals surface area contributed by atoms with Gasteiger partial charge in [0.1, 0.15) is 5.82 Å². The largest absolute Gasteiger partial charge is 0.353 e. The van der Waals surface area contributed by atoms with Crippen molar-refractivity contribution in [1.29, 1.82) is 0 Å². The molecule has 1 aliphatic rings. The summed E-state index contributed by atoms with van der Waals surface area (Å²) in [6, 6.07) is 13.7. The van der Waals surface area contributed by atoms with Crippen LogP contribution in [-0.4, -0.2) is 23.6 Å². The van der Waals surface area contributed by atoms with Crippen molar-refractivity contribution in [2.75, 3.05) is 11.1 Å². The second-order valence-corrected chi connectivity index (χ2v) is 7.06. The lowest BCUT2D eigenvalue weighted by atomic mass is 10.1. The number of halogens is 1. The molecular formula is C19H19FN2O2S. The van der Waals surface area contributed by atoms with Crippen LogP contribution in [0.2, 0.25) is 0 Å². The number of hydrogen-bond donors (Lipinski definition) is 2. The van der Waals surface area contributed by atoms with E-state index >= 15 is 0 Å². The van der Waals surface area contributed by atoms with Crippen molar-refractivity contribution >= 4 is 29.3 Å². The number of thioether (sulfide) groups is 1. The summed E-state index contributed by atoms with van der Waals surface area (Å²) >= 11 is 1.35. The summed E-state index contributed by atoms with van der Waals surface area (Å²) in [6.07, 6.45) is 2.50. The third-order valence-corrected chi connectivity index (χ3v) is 4.74. The van der Waals surface area contributed by atoms with E-state index in [0.29, 0.717) is 18.2 Å². The van der Waals surface area contributed by atoms with E-state index in [-0.39, 0.29) is 23.4 Å². The van der Waals surface area contributed by atoms with Gasteiger partial charge in [-0.2, -0.15) is 0 Å². The maximum Gasteiger partial charge on any atom is 0.234 e. The van der Waals surface area contributed by atoms with E-state index in [1.807, 2.05) is 12.1 Å². The standard InChI is InChI=1S/C19H19FN2O2S/c20-14-3-9-17(10-4-14)25-12-19(24)22-15-5-1-13(2-6-15)11-18(23)21-16-7-8-16/h1-6,9-10,16H,7-8,11-12H2,(H,21,23)(H,22,24). The first-order valence-electron chi connectivity index (χ1n) is 8.15. The summed E-state index contributed by atoms with van der Waals surface area (Å²) in [6.45, 7) is 0. The van der Waals surface area contributed by atoms with E-state index in [0.717, 1.165) is 23.3 Å². The van der Waals surface area contributed by atoms with Crippen LogP contribution in [0, 0.1) is 5.82 Å². The van der Waals surface area contributed by atoms with Crippen LogP contribution in [0.25, 0.3) is 0 Å². The zero-order valence-electron chi connectivity index (χ0n) is 13.6. The Morgan fingerprint density at radius 2 is 1.68 bits per heavy atom. The zero-order valence-corrected chi connectivity index (χ0v) is 14.4. The van der Waals surface area contributed by atoms with Gasteiger partial charge in [-0.1, -0.05) is 12.1 Å². The molecule has 25 heavy (non-hydrogen) atoms. The Morgan fingerprint density at radius 3 is 2.32 bits per heavy atom. The number of amides is 2. The Bertz CT molecular complexity index is 743. The molecular weight excluding hydrogens is 339 g/mol. The maximum absolute atomic E-state index is 12.8. The summed E-state index contributed by atoms with van der Waals surface area (Å²) < 4.78 is 12.8. The van der Waals surface area contributed by atoms with Gasteiger partial charge >= 0.3 is 0 Å². The monoisotopic (exact) mass is 358 g/mol. The van der Waals surface area contributed by atoms with E-state index < -0.39 is 0 Å². The molecule has 0 saturated heterocycles. The van der Waals surface area contributed by atoms with Crippen LogP contribution in [0.15, 0.2) is 53.4 Å². The average Bonchev–Trinajstić information content (AvgIpc) is 3.40. The third kappa shape index (κ3) is 5.90. The summed E-state index contributed by atoms with van der Waals surface area (Å²) in [5.74, 6) is -0.139. The molecule has 1 fully saturated rings. The first-order valence-corrected chi connectivity index (χ1v) is 9.13. The van der Waals surface area contributed by atoms with E-state index in [4.69, 9.17) is 0 Å². The average molecular weight is 358 g/mol. The molecule has 3 rings (SSSR count). The molecule has 2 aromatic rings. The minimum absolute atomic E-state index is 0.0370. The fourth-order valence-corrected chi connectivity index (χ4v) is 2.97. The lowest BCUT2D eigenvalue weighted by Gasteiger charge is -2.07. The van der Waals surface area contributed by atoms with Gasteiger partial charge in [0.15, 0.2) is 0 Å². The molecule has 0 radical (unpaired) electrons. The van der Waals surface area contributed by atoms with Crippen LogP contribution in [0.3, 0.4) is 0 Å². The maximum atomic E-state index is 12.8. The summed E-state index contributed by atoms with van der Waals surface area (Å²) in [4.78, 5) is 24.6. The number of rotatable bonds is 7. The summed E-state index contributed by atoms with van der Waals surface area (Å²) in [5.41, 5.74) is 1.60. The number of nitrogens with one attached hydrogen (secondary N) is 2. The Labute approximate surface area is 150 Å². The topological polar surface area (TPSA) is 58.2 Å². The first-order chi connectivity index (χ1) is 12.1. The highest BCUT2D eigenvalue weighted by molar-refractivity contribution is 8.00. The molecule has 130 valence electrons. The lowest BCUT2D eigenvalue weighted by Crippen LogP contribution is -2.26. The predicted octanol–water partition coefficient (Wildman–Crippen LogP) is 3.38. The van der Waals surface area contributed by atoms with Gasteiger partial charge < -0.3 is 10.6 Å². The first kappa shape index (κ1) is 17.5. The Hall–Kier alpha value is -2.34. The van der Waals surface area contributed by atoms with Crippen molar-refractivity contribution in [3.05, 3.63) is 59.9 Å². The van der Waals surface area contributed by atoms with Gasteiger partial charge in [0.2, 0.25) is 11.8 Å². The number of benzene rings is 2. The van der Waals surface area contributed by atoms with Crippen molar-refractivity contribution in [3.8, 4) is 0 Å². The van der Waals surface area contributed by atoms with E-state index in [1.54, 1.807) is 24.3 Å². The van der Waals surface area contributed by atoms with Gasteiger partial charge in [-0.3, -0.25) is 9.59 Å². The molecule has 1 saturated carbocycles. The number of hydrogen-bond acceptors (Lipinski definition) is 3. The summed E-state index contributed by atoms with van der Waals surface area (Å²) in [5, 5.41) is 5.76. The van der Waals surface area contributed by atoms with Gasteiger partial charge in [0, 0.05) is 16.6 Å². The molecule has 1 aliphatic carbocycles. The van der Waals surface area contributed by atoms with E-state index in [9.17, 15) is 14.0 Å². The highest BCUT2D eigenvalue weighted by Crippen LogP contribution is 2.20. The molecule has 0 unspecified atom stereocenters. The van der Waals surface area contributed by atoms with Crippen LogP contribution in [0.5, 0.6) is 0 Å². The van der Waals surface area contributed by atoms with Crippen LogP contribution in [-0.2, 0) is 16.0 Å². The van der Waals surface area contributed by atoms with Gasteiger partial charge in [0.05, 0.1) is 12.2 Å². The van der Waals surface area contributed by atoms with Crippen molar-refractivity contribution in [2.45, 2.75) is 30.2 Å². The van der Waals surface area contributed by atoms with Crippen molar-refractivity contribution in [3.63, 3.8) is 0 Å². The van der Waals surface area contributed by atoms with Crippen LogP contribution in [0.4, 0.5) is 10.1 Å². The van der Waals surface area contributed by atoms with E-state index in [1.165, 1.54) is 23.9 Å². The van der Waals surface area contributed by atoms with Crippen molar-refractivity contribution in [2.24, 2.45) is 0 Å². The lowest BCUT2D eigenvalue weighted by molar-refractivity contribution is -0.120. The smallest absolute Gasteiger partial charge is 0.234 e. The minimum Gasteiger partial charge on any atom is -0.353 e. The Morgan fingerprint density at radius 1 is 1.00 bits per heavy atom. The number of carbonyl (C=O) groups excluding carboxylic acids is 2. The highest BCUT2D eigenvalue weighted by Gasteiger charge is 2.22. The summed E-state index contributed by atoms with van der Waals surface area (Å²) in [7, 11) is 0. The van der Waals surface area contributed by atoms with Crippen LogP contribution < -0.4 is 10.6 Å². The van der Waals surface area contributed by atoms with Crippen molar-refractivity contribution in [1.82, 2.24) is 5.32 Å². The minimum atomic E-state index is -0.292. The molecule has 2 N–H and O–H groups in total. The molecule has 0 aliphatic heterocycles. The molecule has 0 aromatic heterocycles. The fourth-order valence-electron chi connectivity index (χ4n) is 2.27. The number of anilines is 1. The molecule has 0 bridgehead atoms. The molecule has 2 amide bonds. The zero-order chi connectivity index (χ0) is 17.6.